The predicted octanol–water partition coefficient (Wildman–Crippen LogP) is 3.34. The molecule has 0 unspecified atom stereocenters. The Morgan fingerprint density at radius 3 is 2.88 bits per heavy atom. The van der Waals surface area contributed by atoms with Crippen molar-refractivity contribution < 1.29 is 9.13 Å². The molecule has 0 aliphatic heterocycles. The van der Waals surface area contributed by atoms with Crippen molar-refractivity contribution in [3.63, 3.8) is 0 Å². The molecule has 0 saturated heterocycles. The molecule has 0 radical (unpaired) electrons. The van der Waals surface area contributed by atoms with Crippen molar-refractivity contribution in [3.8, 4) is 5.75 Å². The van der Waals surface area contributed by atoms with Crippen LogP contribution in [0.25, 0.3) is 10.9 Å². The molecule has 1 aromatic heterocycles. The van der Waals surface area contributed by atoms with Crippen LogP contribution in [0.2, 0.25) is 0 Å². The number of methoxy groups -OCH3 is 1. The Balaban J connectivity index is 2.67. The summed E-state index contributed by atoms with van der Waals surface area (Å²) in [4.78, 5) is 4.07. The van der Waals surface area contributed by atoms with Gasteiger partial charge in [-0.15, -0.1) is 0 Å². The molecule has 2 aromatic rings. The minimum absolute atomic E-state index is 0.234. The van der Waals surface area contributed by atoms with Gasteiger partial charge in [-0.25, -0.2) is 4.39 Å². The molecule has 0 spiro atoms. The van der Waals surface area contributed by atoms with E-state index >= 15 is 0 Å². The number of hydrogen-bond donors (Lipinski definition) is 0. The highest BCUT2D eigenvalue weighted by Crippen LogP contribution is 2.25. The summed E-state index contributed by atoms with van der Waals surface area (Å²) in [5, 5.41) is 0.848. The smallest absolute Gasteiger partial charge is 0.145 e. The summed E-state index contributed by atoms with van der Waals surface area (Å²) in [6.07, 6.45) is 2.92. The summed E-state index contributed by atoms with van der Waals surface area (Å²) in [6, 6.07) is 5.53. The van der Waals surface area contributed by atoms with Crippen molar-refractivity contribution in [3.05, 3.63) is 35.8 Å². The minimum atomic E-state index is -0.234. The maximum atomic E-state index is 13.6. The predicted molar refractivity (Wildman–Crippen MR) is 62.2 cm³/mol. The largest absolute Gasteiger partial charge is 0.497 e. The van der Waals surface area contributed by atoms with E-state index in [4.69, 9.17) is 4.74 Å². The van der Waals surface area contributed by atoms with Gasteiger partial charge in [0.05, 0.1) is 18.8 Å². The molecule has 0 bridgehead atoms. The zero-order valence-electron chi connectivity index (χ0n) is 9.46. The van der Waals surface area contributed by atoms with E-state index in [-0.39, 0.29) is 5.82 Å². The zero-order valence-corrected chi connectivity index (χ0v) is 9.46. The molecule has 0 aliphatic carbocycles. The fourth-order valence-electron chi connectivity index (χ4n) is 1.83. The van der Waals surface area contributed by atoms with Crippen LogP contribution in [0.15, 0.2) is 24.4 Å². The molecule has 0 atom stereocenters. The summed E-state index contributed by atoms with van der Waals surface area (Å²) in [5.74, 6) is 0.500. The second-order valence-electron chi connectivity index (χ2n) is 3.72. The quantitative estimate of drug-likeness (QED) is 0.789. The SMILES string of the molecule is CCCc1c(F)cnc2ccc(OC)cc12. The van der Waals surface area contributed by atoms with Crippen molar-refractivity contribution in [2.75, 3.05) is 7.11 Å². The molecule has 0 amide bonds. The number of ether oxygens (including phenoxy) is 1. The second kappa shape index (κ2) is 4.47. The number of benzene rings is 1. The fraction of sp³-hybridized carbons (Fsp3) is 0.308. The molecule has 1 aromatic carbocycles. The van der Waals surface area contributed by atoms with Crippen molar-refractivity contribution >= 4 is 10.9 Å². The summed E-state index contributed by atoms with van der Waals surface area (Å²) in [5.41, 5.74) is 1.54. The van der Waals surface area contributed by atoms with Crippen molar-refractivity contribution in [2.45, 2.75) is 19.8 Å². The van der Waals surface area contributed by atoms with E-state index in [2.05, 4.69) is 4.98 Å². The number of rotatable bonds is 3. The lowest BCUT2D eigenvalue weighted by molar-refractivity contribution is 0.415. The highest BCUT2D eigenvalue weighted by atomic mass is 19.1. The van der Waals surface area contributed by atoms with Gasteiger partial charge in [-0.05, 0) is 30.2 Å². The molecule has 3 heteroatoms. The molecule has 0 N–H and O–H groups in total. The average Bonchev–Trinajstić information content (AvgIpc) is 2.32. The molecule has 2 rings (SSSR count). The van der Waals surface area contributed by atoms with Gasteiger partial charge in [0.1, 0.15) is 11.6 Å². The summed E-state index contributed by atoms with van der Waals surface area (Å²) >= 11 is 0. The fourth-order valence-corrected chi connectivity index (χ4v) is 1.83. The van der Waals surface area contributed by atoms with E-state index in [1.807, 2.05) is 25.1 Å². The number of halogens is 1. The van der Waals surface area contributed by atoms with Crippen LogP contribution in [0.3, 0.4) is 0 Å². The minimum Gasteiger partial charge on any atom is -0.497 e. The number of aromatic nitrogens is 1. The molecular weight excluding hydrogens is 205 g/mol. The van der Waals surface area contributed by atoms with Crippen LogP contribution in [0.5, 0.6) is 5.75 Å². The number of aryl methyl sites for hydroxylation is 1. The van der Waals surface area contributed by atoms with Gasteiger partial charge in [0.25, 0.3) is 0 Å². The van der Waals surface area contributed by atoms with Crippen LogP contribution in [0.1, 0.15) is 18.9 Å². The lowest BCUT2D eigenvalue weighted by atomic mass is 10.0. The third kappa shape index (κ3) is 1.85. The lowest BCUT2D eigenvalue weighted by Crippen LogP contribution is -1.95. The Kier molecular flexibility index (Phi) is 3.04. The lowest BCUT2D eigenvalue weighted by Gasteiger charge is -2.08. The van der Waals surface area contributed by atoms with Gasteiger partial charge < -0.3 is 4.74 Å². The molecule has 2 nitrogen and oxygen atoms in total. The molecular formula is C13H14FNO. The van der Waals surface area contributed by atoms with Crippen molar-refractivity contribution in [2.24, 2.45) is 0 Å². The van der Waals surface area contributed by atoms with Gasteiger partial charge in [-0.2, -0.15) is 0 Å². The summed E-state index contributed by atoms with van der Waals surface area (Å²) in [7, 11) is 1.60. The Morgan fingerprint density at radius 1 is 1.38 bits per heavy atom. The molecule has 0 saturated carbocycles. The highest BCUT2D eigenvalue weighted by Gasteiger charge is 2.08. The van der Waals surface area contributed by atoms with Crippen molar-refractivity contribution in [1.29, 1.82) is 0 Å². The number of hydrogen-bond acceptors (Lipinski definition) is 2. The van der Waals surface area contributed by atoms with E-state index in [0.717, 1.165) is 35.1 Å². The molecule has 1 heterocycles. The monoisotopic (exact) mass is 219 g/mol. The first kappa shape index (κ1) is 10.9. The molecule has 0 aliphatic rings. The Labute approximate surface area is 94.1 Å². The maximum absolute atomic E-state index is 13.6. The highest BCUT2D eigenvalue weighted by molar-refractivity contribution is 5.83. The third-order valence-corrected chi connectivity index (χ3v) is 2.63. The number of pyridine rings is 1. The van der Waals surface area contributed by atoms with Gasteiger partial charge in [-0.3, -0.25) is 4.98 Å². The van der Waals surface area contributed by atoms with Crippen LogP contribution in [0.4, 0.5) is 4.39 Å². The van der Waals surface area contributed by atoms with Crippen LogP contribution < -0.4 is 4.74 Å². The van der Waals surface area contributed by atoms with Gasteiger partial charge >= 0.3 is 0 Å². The number of nitrogens with zero attached hydrogens (tertiary/aromatic N) is 1. The van der Waals surface area contributed by atoms with E-state index in [1.54, 1.807) is 7.11 Å². The van der Waals surface area contributed by atoms with Crippen LogP contribution in [-0.2, 0) is 6.42 Å². The Hall–Kier alpha value is -1.64. The topological polar surface area (TPSA) is 22.1 Å². The molecule has 0 fully saturated rings. The Bertz CT molecular complexity index is 511. The Morgan fingerprint density at radius 2 is 2.19 bits per heavy atom. The average molecular weight is 219 g/mol. The summed E-state index contributed by atoms with van der Waals surface area (Å²) in [6.45, 7) is 2.03. The first-order valence-corrected chi connectivity index (χ1v) is 5.37. The zero-order chi connectivity index (χ0) is 11.5. The van der Waals surface area contributed by atoms with Crippen LogP contribution in [0, 0.1) is 5.82 Å². The molecule has 84 valence electrons. The van der Waals surface area contributed by atoms with Gasteiger partial charge in [0, 0.05) is 5.39 Å². The van der Waals surface area contributed by atoms with E-state index in [1.165, 1.54) is 6.20 Å². The van der Waals surface area contributed by atoms with E-state index < -0.39 is 0 Å². The standard InChI is InChI=1S/C13H14FNO/c1-3-4-10-11-7-9(16-2)5-6-13(11)15-8-12(10)14/h5-8H,3-4H2,1-2H3. The molecule has 16 heavy (non-hydrogen) atoms. The van der Waals surface area contributed by atoms with E-state index in [0.29, 0.717) is 0 Å². The van der Waals surface area contributed by atoms with E-state index in [9.17, 15) is 4.39 Å². The number of fused-ring (bicyclic) bond motifs is 1. The van der Waals surface area contributed by atoms with Crippen molar-refractivity contribution in [1.82, 2.24) is 4.98 Å². The summed E-state index contributed by atoms with van der Waals surface area (Å²) < 4.78 is 18.8. The van der Waals surface area contributed by atoms with Gasteiger partial charge in [0.15, 0.2) is 0 Å². The first-order valence-electron chi connectivity index (χ1n) is 5.37. The maximum Gasteiger partial charge on any atom is 0.145 e. The third-order valence-electron chi connectivity index (χ3n) is 2.63. The van der Waals surface area contributed by atoms with Gasteiger partial charge in [0.2, 0.25) is 0 Å². The second-order valence-corrected chi connectivity index (χ2v) is 3.72. The van der Waals surface area contributed by atoms with Crippen LogP contribution in [-0.4, -0.2) is 12.1 Å². The van der Waals surface area contributed by atoms with Crippen LogP contribution >= 0.6 is 0 Å². The first-order chi connectivity index (χ1) is 7.76. The van der Waals surface area contributed by atoms with Gasteiger partial charge in [-0.1, -0.05) is 13.3 Å². The normalized spacial score (nSPS) is 10.7.